The highest BCUT2D eigenvalue weighted by molar-refractivity contribution is 5.88. The lowest BCUT2D eigenvalue weighted by Gasteiger charge is -2.15. The number of ether oxygens (including phenoxy) is 2. The molecule has 0 aromatic heterocycles. The number of carboxylic acids is 1. The van der Waals surface area contributed by atoms with Crippen molar-refractivity contribution >= 4 is 11.9 Å². The van der Waals surface area contributed by atoms with Crippen LogP contribution in [0.25, 0.3) is 0 Å². The molecule has 1 saturated heterocycles. The van der Waals surface area contributed by atoms with Crippen molar-refractivity contribution in [3.05, 3.63) is 23.8 Å². The number of hydrogen-bond donors (Lipinski definition) is 1. The maximum atomic E-state index is 11.8. The molecule has 1 unspecified atom stereocenters. The number of likely N-dealkylation sites (tertiary alicyclic amines) is 1. The summed E-state index contributed by atoms with van der Waals surface area (Å²) >= 11 is 0. The maximum Gasteiger partial charge on any atom is 0.335 e. The van der Waals surface area contributed by atoms with Gasteiger partial charge in [-0.1, -0.05) is 0 Å². The number of aromatic carboxylic acids is 1. The predicted molar refractivity (Wildman–Crippen MR) is 66.6 cm³/mol. The fraction of sp³-hybridized carbons (Fsp3) is 0.385. The largest absolute Gasteiger partial charge is 0.493 e. The van der Waals surface area contributed by atoms with Gasteiger partial charge in [-0.15, -0.1) is 0 Å². The Morgan fingerprint density at radius 3 is 2.68 bits per heavy atom. The summed E-state index contributed by atoms with van der Waals surface area (Å²) < 4.78 is 10.7. The molecular formula is C13H15NO5. The first-order valence-corrected chi connectivity index (χ1v) is 5.86. The summed E-state index contributed by atoms with van der Waals surface area (Å²) in [4.78, 5) is 24.3. The first-order valence-electron chi connectivity index (χ1n) is 5.86. The third-order valence-corrected chi connectivity index (χ3v) is 3.06. The Balaban J connectivity index is 2.25. The molecule has 0 saturated carbocycles. The molecule has 1 atom stereocenters. The van der Waals surface area contributed by atoms with Crippen molar-refractivity contribution in [1.82, 2.24) is 4.90 Å². The van der Waals surface area contributed by atoms with Crippen LogP contribution in [0.1, 0.15) is 16.8 Å². The fourth-order valence-corrected chi connectivity index (χ4v) is 1.95. The van der Waals surface area contributed by atoms with Crippen molar-refractivity contribution in [1.29, 1.82) is 0 Å². The zero-order chi connectivity index (χ0) is 14.0. The Morgan fingerprint density at radius 2 is 2.16 bits per heavy atom. The molecule has 0 spiro atoms. The van der Waals surface area contributed by atoms with Crippen LogP contribution < -0.4 is 9.47 Å². The Morgan fingerprint density at radius 1 is 1.42 bits per heavy atom. The SMILES string of the molecule is COc1ccc(C(=O)O)cc1OC1CCN(C)C1=O. The van der Waals surface area contributed by atoms with Gasteiger partial charge in [0.15, 0.2) is 17.6 Å². The third-order valence-electron chi connectivity index (χ3n) is 3.06. The van der Waals surface area contributed by atoms with E-state index >= 15 is 0 Å². The van der Waals surface area contributed by atoms with Gasteiger partial charge in [-0.25, -0.2) is 4.79 Å². The van der Waals surface area contributed by atoms with Gasteiger partial charge in [0.2, 0.25) is 0 Å². The number of nitrogens with zero attached hydrogens (tertiary/aromatic N) is 1. The lowest BCUT2D eigenvalue weighted by atomic mass is 10.2. The van der Waals surface area contributed by atoms with E-state index in [-0.39, 0.29) is 17.2 Å². The molecule has 1 aliphatic heterocycles. The van der Waals surface area contributed by atoms with Crippen LogP contribution in [0, 0.1) is 0 Å². The molecule has 1 aromatic rings. The number of carbonyl (C=O) groups excluding carboxylic acids is 1. The average molecular weight is 265 g/mol. The summed E-state index contributed by atoms with van der Waals surface area (Å²) in [5, 5.41) is 8.96. The van der Waals surface area contributed by atoms with Gasteiger partial charge in [-0.2, -0.15) is 0 Å². The summed E-state index contributed by atoms with van der Waals surface area (Å²) in [6.45, 7) is 0.629. The van der Waals surface area contributed by atoms with E-state index in [0.717, 1.165) is 0 Å². The average Bonchev–Trinajstić information content (AvgIpc) is 2.70. The van der Waals surface area contributed by atoms with E-state index in [4.69, 9.17) is 14.6 Å². The Hall–Kier alpha value is -2.24. The van der Waals surface area contributed by atoms with Crippen molar-refractivity contribution in [2.24, 2.45) is 0 Å². The van der Waals surface area contributed by atoms with Gasteiger partial charge in [0.25, 0.3) is 5.91 Å². The fourth-order valence-electron chi connectivity index (χ4n) is 1.95. The Kier molecular flexibility index (Phi) is 3.59. The lowest BCUT2D eigenvalue weighted by Crippen LogP contribution is -2.29. The van der Waals surface area contributed by atoms with Crippen molar-refractivity contribution in [3.63, 3.8) is 0 Å². The van der Waals surface area contributed by atoms with E-state index < -0.39 is 12.1 Å². The molecule has 1 amide bonds. The molecule has 1 aliphatic rings. The second kappa shape index (κ2) is 5.17. The van der Waals surface area contributed by atoms with Crippen LogP contribution in [0.5, 0.6) is 11.5 Å². The normalized spacial score (nSPS) is 18.5. The molecule has 6 heteroatoms. The van der Waals surface area contributed by atoms with Crippen LogP contribution in [-0.4, -0.2) is 48.7 Å². The lowest BCUT2D eigenvalue weighted by molar-refractivity contribution is -0.132. The number of hydrogen-bond acceptors (Lipinski definition) is 4. The summed E-state index contributed by atoms with van der Waals surface area (Å²) in [6, 6.07) is 4.31. The Labute approximate surface area is 110 Å². The number of likely N-dealkylation sites (N-methyl/N-ethyl adjacent to an activating group) is 1. The van der Waals surface area contributed by atoms with Crippen LogP contribution in [0.3, 0.4) is 0 Å². The molecular weight excluding hydrogens is 250 g/mol. The second-order valence-electron chi connectivity index (χ2n) is 4.33. The standard InChI is InChI=1S/C13H15NO5/c1-14-6-5-10(12(14)15)19-11-7-8(13(16)17)3-4-9(11)18-2/h3-4,7,10H,5-6H2,1-2H3,(H,16,17). The first kappa shape index (κ1) is 13.2. The zero-order valence-corrected chi connectivity index (χ0v) is 10.8. The predicted octanol–water partition coefficient (Wildman–Crippen LogP) is 1.00. The summed E-state index contributed by atoms with van der Waals surface area (Å²) in [5.41, 5.74) is 0.0922. The molecule has 19 heavy (non-hydrogen) atoms. The highest BCUT2D eigenvalue weighted by Gasteiger charge is 2.31. The molecule has 2 rings (SSSR count). The van der Waals surface area contributed by atoms with Crippen LogP contribution in [0.15, 0.2) is 18.2 Å². The van der Waals surface area contributed by atoms with Gasteiger partial charge >= 0.3 is 5.97 Å². The number of carboxylic acid groups (broad SMARTS) is 1. The maximum absolute atomic E-state index is 11.8. The molecule has 6 nitrogen and oxygen atoms in total. The zero-order valence-electron chi connectivity index (χ0n) is 10.8. The second-order valence-corrected chi connectivity index (χ2v) is 4.33. The molecule has 0 aliphatic carbocycles. The van der Waals surface area contributed by atoms with E-state index in [2.05, 4.69) is 0 Å². The minimum absolute atomic E-state index is 0.0922. The number of amides is 1. The topological polar surface area (TPSA) is 76.1 Å². The molecule has 1 N–H and O–H groups in total. The number of methoxy groups -OCH3 is 1. The molecule has 0 radical (unpaired) electrons. The van der Waals surface area contributed by atoms with Gasteiger partial charge in [-0.05, 0) is 18.2 Å². The van der Waals surface area contributed by atoms with Crippen LogP contribution in [0.2, 0.25) is 0 Å². The van der Waals surface area contributed by atoms with Crippen LogP contribution in [-0.2, 0) is 4.79 Å². The van der Waals surface area contributed by atoms with Crippen LogP contribution >= 0.6 is 0 Å². The first-order chi connectivity index (χ1) is 9.02. The highest BCUT2D eigenvalue weighted by Crippen LogP contribution is 2.30. The van der Waals surface area contributed by atoms with Gasteiger partial charge < -0.3 is 19.5 Å². The Bertz CT molecular complexity index is 514. The summed E-state index contributed by atoms with van der Waals surface area (Å²) in [5.74, 6) is -0.478. The van der Waals surface area contributed by atoms with Gasteiger partial charge in [0.1, 0.15) is 0 Å². The van der Waals surface area contributed by atoms with Crippen LogP contribution in [0.4, 0.5) is 0 Å². The number of rotatable bonds is 4. The van der Waals surface area contributed by atoms with E-state index in [1.54, 1.807) is 11.9 Å². The van der Waals surface area contributed by atoms with E-state index in [9.17, 15) is 9.59 Å². The minimum Gasteiger partial charge on any atom is -0.493 e. The molecule has 0 bridgehead atoms. The third kappa shape index (κ3) is 2.62. The van der Waals surface area contributed by atoms with E-state index in [1.807, 2.05) is 0 Å². The van der Waals surface area contributed by atoms with Gasteiger partial charge in [0.05, 0.1) is 12.7 Å². The van der Waals surface area contributed by atoms with E-state index in [0.29, 0.717) is 18.7 Å². The highest BCUT2D eigenvalue weighted by atomic mass is 16.5. The summed E-state index contributed by atoms with van der Waals surface area (Å²) in [6.07, 6.45) is -0.00145. The molecule has 102 valence electrons. The minimum atomic E-state index is -1.05. The smallest absolute Gasteiger partial charge is 0.335 e. The molecule has 1 fully saturated rings. The van der Waals surface area contributed by atoms with Gasteiger partial charge in [0, 0.05) is 20.0 Å². The molecule has 1 aromatic carbocycles. The van der Waals surface area contributed by atoms with Gasteiger partial charge in [-0.3, -0.25) is 4.79 Å². The molecule has 1 heterocycles. The van der Waals surface area contributed by atoms with Crippen molar-refractivity contribution < 1.29 is 24.2 Å². The monoisotopic (exact) mass is 265 g/mol. The quantitative estimate of drug-likeness (QED) is 0.879. The van der Waals surface area contributed by atoms with Crippen molar-refractivity contribution in [2.75, 3.05) is 20.7 Å². The van der Waals surface area contributed by atoms with E-state index in [1.165, 1.54) is 25.3 Å². The van der Waals surface area contributed by atoms with Crippen molar-refractivity contribution in [2.45, 2.75) is 12.5 Å². The summed E-state index contributed by atoms with van der Waals surface area (Å²) in [7, 11) is 3.17. The number of carbonyl (C=O) groups is 2. The number of benzene rings is 1. The van der Waals surface area contributed by atoms with Crippen molar-refractivity contribution in [3.8, 4) is 11.5 Å².